The second kappa shape index (κ2) is 11.2. The average Bonchev–Trinajstić information content (AvgIpc) is 3.33. The van der Waals surface area contributed by atoms with Crippen LogP contribution < -0.4 is 9.64 Å². The molecule has 3 aliphatic carbocycles. The van der Waals surface area contributed by atoms with E-state index in [-0.39, 0.29) is 47.1 Å². The van der Waals surface area contributed by atoms with Gasteiger partial charge in [0.05, 0.1) is 24.1 Å². The third kappa shape index (κ3) is 4.55. The number of carbonyl (C=O) groups excluding carboxylic acids is 5. The van der Waals surface area contributed by atoms with Crippen LogP contribution in [0.5, 0.6) is 11.5 Å². The number of Topliss-reactive ketones (excluding diaryl/α,β-unsaturated/α-hetero) is 1. The largest absolute Gasteiger partial charge is 0.504 e. The Morgan fingerprint density at radius 1 is 0.913 bits per heavy atom. The van der Waals surface area contributed by atoms with Gasteiger partial charge in [0.1, 0.15) is 0 Å². The van der Waals surface area contributed by atoms with Gasteiger partial charge in [0, 0.05) is 33.8 Å². The quantitative estimate of drug-likeness (QED) is 0.165. The fourth-order valence-electron chi connectivity index (χ4n) is 7.49. The number of hydrogen-bond acceptors (Lipinski definition) is 7. The number of hydrogen-bond donors (Lipinski definition) is 1. The minimum absolute atomic E-state index is 0.0457. The number of ketones is 3. The Bertz CT molecular complexity index is 1930. The van der Waals surface area contributed by atoms with E-state index in [1.54, 1.807) is 74.5 Å². The average molecular weight is 614 g/mol. The summed E-state index contributed by atoms with van der Waals surface area (Å²) in [5.41, 5.74) is 3.92. The second-order valence-corrected chi connectivity index (χ2v) is 12.1. The molecular formula is C38H31NO7. The zero-order chi connectivity index (χ0) is 32.3. The number of phenols is 1. The van der Waals surface area contributed by atoms with Crippen molar-refractivity contribution in [3.8, 4) is 11.5 Å². The molecule has 0 bridgehead atoms. The first-order chi connectivity index (χ1) is 22.2. The van der Waals surface area contributed by atoms with Crippen molar-refractivity contribution in [3.05, 3.63) is 124 Å². The zero-order valence-electron chi connectivity index (χ0n) is 25.4. The van der Waals surface area contributed by atoms with Gasteiger partial charge < -0.3 is 9.84 Å². The van der Waals surface area contributed by atoms with Crippen molar-refractivity contribution >= 4 is 34.9 Å². The molecule has 0 unspecified atom stereocenters. The van der Waals surface area contributed by atoms with E-state index in [4.69, 9.17) is 4.74 Å². The number of amides is 2. The summed E-state index contributed by atoms with van der Waals surface area (Å²) in [7, 11) is 0. The lowest BCUT2D eigenvalue weighted by Gasteiger charge is -2.42. The van der Waals surface area contributed by atoms with Gasteiger partial charge in [-0.05, 0) is 80.6 Å². The Morgan fingerprint density at radius 3 is 2.35 bits per heavy atom. The van der Waals surface area contributed by atoms with Gasteiger partial charge in [0.25, 0.3) is 0 Å². The Labute approximate surface area is 265 Å². The summed E-state index contributed by atoms with van der Waals surface area (Å²) in [4.78, 5) is 69.2. The molecule has 1 fully saturated rings. The van der Waals surface area contributed by atoms with Gasteiger partial charge in [0.2, 0.25) is 11.8 Å². The Balaban J connectivity index is 1.26. The highest BCUT2D eigenvalue weighted by atomic mass is 16.5. The highest BCUT2D eigenvalue weighted by molar-refractivity contribution is 6.25. The molecule has 1 heterocycles. The first kappa shape index (κ1) is 29.3. The number of fused-ring (bicyclic) bond motifs is 3. The Hall–Kier alpha value is -5.37. The third-order valence-electron chi connectivity index (χ3n) is 9.61. The third-order valence-corrected chi connectivity index (χ3v) is 9.61. The summed E-state index contributed by atoms with van der Waals surface area (Å²) in [5, 5.41) is 10.4. The molecule has 8 nitrogen and oxygen atoms in total. The van der Waals surface area contributed by atoms with Gasteiger partial charge in [-0.1, -0.05) is 48.0 Å². The van der Waals surface area contributed by atoms with Crippen LogP contribution in [0.2, 0.25) is 0 Å². The van der Waals surface area contributed by atoms with Crippen LogP contribution in [-0.4, -0.2) is 40.9 Å². The molecule has 4 aliphatic rings. The van der Waals surface area contributed by atoms with Crippen LogP contribution in [0.15, 0.2) is 107 Å². The van der Waals surface area contributed by atoms with Crippen LogP contribution in [0.1, 0.15) is 54.1 Å². The first-order valence-electron chi connectivity index (χ1n) is 15.4. The Kier molecular flexibility index (Phi) is 7.15. The maximum Gasteiger partial charge on any atom is 0.238 e. The number of allylic oxidation sites excluding steroid dienone is 6. The van der Waals surface area contributed by atoms with Crippen molar-refractivity contribution in [2.45, 2.75) is 32.6 Å². The molecule has 8 heteroatoms. The van der Waals surface area contributed by atoms with Crippen LogP contribution in [-0.2, 0) is 19.2 Å². The van der Waals surface area contributed by atoms with E-state index >= 15 is 0 Å². The van der Waals surface area contributed by atoms with Crippen molar-refractivity contribution in [2.24, 2.45) is 17.8 Å². The predicted molar refractivity (Wildman–Crippen MR) is 169 cm³/mol. The molecular weight excluding hydrogens is 582 g/mol. The summed E-state index contributed by atoms with van der Waals surface area (Å²) in [6.45, 7) is 3.74. The molecule has 0 saturated carbocycles. The molecule has 0 spiro atoms. The maximum absolute atomic E-state index is 14.2. The van der Waals surface area contributed by atoms with Crippen molar-refractivity contribution < 1.29 is 33.8 Å². The van der Waals surface area contributed by atoms with Gasteiger partial charge in [-0.15, -0.1) is 0 Å². The molecule has 3 aromatic carbocycles. The van der Waals surface area contributed by atoms with Crippen molar-refractivity contribution in [2.75, 3.05) is 11.5 Å². The van der Waals surface area contributed by atoms with Gasteiger partial charge in [-0.25, -0.2) is 0 Å². The van der Waals surface area contributed by atoms with Gasteiger partial charge in [0.15, 0.2) is 28.8 Å². The molecule has 2 amide bonds. The number of anilines is 1. The standard InChI is InChI=1S/C38H31NO7/c1-3-46-31-18-23(11-16-29(31)40)32-25-14-15-26-33(27(25)19-28-30(41)17-20(2)35(42)34(28)32)38(45)39(37(26)44)24-12-9-22(10-13-24)36(43)21-7-5-4-6-8-21/h4-14,16-18,26-27,32-33,40H,3,15,19H2,1-2H3/t26-,27+,32-,33-/m0/s1. The second-order valence-electron chi connectivity index (χ2n) is 12.1. The first-order valence-corrected chi connectivity index (χ1v) is 15.4. The Morgan fingerprint density at radius 2 is 1.63 bits per heavy atom. The topological polar surface area (TPSA) is 118 Å². The van der Waals surface area contributed by atoms with Crippen molar-refractivity contribution in [1.82, 2.24) is 0 Å². The fourth-order valence-corrected chi connectivity index (χ4v) is 7.49. The molecule has 0 aromatic heterocycles. The van der Waals surface area contributed by atoms with E-state index in [9.17, 15) is 29.1 Å². The number of imide groups is 1. The van der Waals surface area contributed by atoms with Crippen LogP contribution in [0.3, 0.4) is 0 Å². The summed E-state index contributed by atoms with van der Waals surface area (Å²) in [5.74, 6) is -3.63. The van der Waals surface area contributed by atoms with E-state index in [1.807, 2.05) is 12.1 Å². The summed E-state index contributed by atoms with van der Waals surface area (Å²) in [6.07, 6.45) is 3.77. The molecule has 3 aromatic rings. The SMILES string of the molecule is CCOc1cc([C@H]2C3=CC[C@@H]4C(=O)N(c5ccc(C(=O)c6ccccc6)cc5)C(=O)[C@@H]4[C@@H]3CC3=C2C(=O)C(C)=CC3=O)ccc1O. The number of rotatable bonds is 6. The fraction of sp³-hybridized carbons (Fsp3) is 0.237. The van der Waals surface area contributed by atoms with Gasteiger partial charge in [-0.2, -0.15) is 0 Å². The number of aromatic hydroxyl groups is 1. The molecule has 46 heavy (non-hydrogen) atoms. The smallest absolute Gasteiger partial charge is 0.238 e. The van der Waals surface area contributed by atoms with E-state index < -0.39 is 23.7 Å². The van der Waals surface area contributed by atoms with E-state index in [0.717, 1.165) is 5.57 Å². The summed E-state index contributed by atoms with van der Waals surface area (Å²) < 4.78 is 5.65. The van der Waals surface area contributed by atoms with Crippen LogP contribution in [0, 0.1) is 17.8 Å². The number of benzene rings is 3. The number of ether oxygens (including phenoxy) is 1. The summed E-state index contributed by atoms with van der Waals surface area (Å²) >= 11 is 0. The highest BCUT2D eigenvalue weighted by Gasteiger charge is 2.56. The monoisotopic (exact) mass is 613 g/mol. The highest BCUT2D eigenvalue weighted by Crippen LogP contribution is 2.56. The van der Waals surface area contributed by atoms with E-state index in [1.165, 1.54) is 17.0 Å². The lowest BCUT2D eigenvalue weighted by molar-refractivity contribution is -0.123. The molecule has 1 N–H and O–H groups in total. The van der Waals surface area contributed by atoms with Gasteiger partial charge >= 0.3 is 0 Å². The molecule has 1 saturated heterocycles. The lowest BCUT2D eigenvalue weighted by atomic mass is 9.59. The minimum Gasteiger partial charge on any atom is -0.504 e. The van der Waals surface area contributed by atoms with Crippen LogP contribution in [0.25, 0.3) is 0 Å². The molecule has 4 atom stereocenters. The van der Waals surface area contributed by atoms with Crippen LogP contribution >= 0.6 is 0 Å². The van der Waals surface area contributed by atoms with Gasteiger partial charge in [-0.3, -0.25) is 28.9 Å². The number of phenolic OH excluding ortho intramolecular Hbond substituents is 1. The lowest BCUT2D eigenvalue weighted by Crippen LogP contribution is -2.39. The molecule has 7 rings (SSSR count). The van der Waals surface area contributed by atoms with Crippen LogP contribution in [0.4, 0.5) is 5.69 Å². The molecule has 230 valence electrons. The van der Waals surface area contributed by atoms with E-state index in [2.05, 4.69) is 0 Å². The van der Waals surface area contributed by atoms with Crippen molar-refractivity contribution in [1.29, 1.82) is 0 Å². The van der Waals surface area contributed by atoms with Crippen molar-refractivity contribution in [3.63, 3.8) is 0 Å². The molecule has 0 radical (unpaired) electrons. The molecule has 1 aliphatic heterocycles. The predicted octanol–water partition coefficient (Wildman–Crippen LogP) is 5.66. The maximum atomic E-state index is 14.2. The normalized spacial score (nSPS) is 23.8. The van der Waals surface area contributed by atoms with E-state index in [0.29, 0.717) is 52.1 Å². The number of nitrogens with zero attached hydrogens (tertiary/aromatic N) is 1. The minimum atomic E-state index is -0.729. The zero-order valence-corrected chi connectivity index (χ0v) is 25.4. The summed E-state index contributed by atoms with van der Waals surface area (Å²) in [6, 6.07) is 20.2. The number of carbonyl (C=O) groups is 5.